The summed E-state index contributed by atoms with van der Waals surface area (Å²) in [7, 11) is 0. The van der Waals surface area contributed by atoms with E-state index in [1.165, 1.54) is 6.21 Å². The van der Waals surface area contributed by atoms with Crippen LogP contribution in [0.5, 0.6) is 11.6 Å². The van der Waals surface area contributed by atoms with Gasteiger partial charge in [0.15, 0.2) is 0 Å². The molecule has 0 spiro atoms. The molecule has 1 aromatic carbocycles. The lowest BCUT2D eigenvalue weighted by molar-refractivity contribution is 0.462. The quantitative estimate of drug-likeness (QED) is 0.563. The number of ether oxygens (including phenoxy) is 1. The summed E-state index contributed by atoms with van der Waals surface area (Å²) in [5.41, 5.74) is 13.3. The van der Waals surface area contributed by atoms with Gasteiger partial charge in [-0.25, -0.2) is 4.98 Å². The van der Waals surface area contributed by atoms with Crippen LogP contribution in [0.2, 0.25) is 0 Å². The first-order valence-corrected chi connectivity index (χ1v) is 5.46. The third-order valence-corrected chi connectivity index (χ3v) is 2.47. The van der Waals surface area contributed by atoms with Crippen LogP contribution < -0.4 is 16.2 Å². The van der Waals surface area contributed by atoms with Crippen molar-refractivity contribution in [2.45, 2.75) is 6.54 Å². The zero-order chi connectivity index (χ0) is 13.0. The fourth-order valence-electron chi connectivity index (χ4n) is 1.45. The first-order chi connectivity index (χ1) is 8.72. The minimum Gasteiger partial charge on any atom is -0.439 e. The number of nitrogens with zero attached hydrogens (tertiary/aromatic N) is 1. The summed E-state index contributed by atoms with van der Waals surface area (Å²) in [5.74, 6) is 1.07. The predicted octanol–water partition coefficient (Wildman–Crippen LogP) is 1.91. The molecule has 18 heavy (non-hydrogen) atoms. The van der Waals surface area contributed by atoms with Crippen molar-refractivity contribution >= 4 is 11.9 Å². The van der Waals surface area contributed by atoms with Crippen molar-refractivity contribution in [3.8, 4) is 11.6 Å². The summed E-state index contributed by atoms with van der Waals surface area (Å²) in [6, 6.07) is 8.74. The molecule has 0 amide bonds. The standard InChI is InChI=1S/C13H14N4O/c14-6-9-1-4-13(17-8-9)18-11-2-3-12(16)10(5-11)7-15/h1-5,7-8,15H,6,14,16H2. The fraction of sp³-hybridized carbons (Fsp3) is 0.0769. The monoisotopic (exact) mass is 242 g/mol. The number of hydrogen-bond donors (Lipinski definition) is 3. The number of aromatic nitrogens is 1. The lowest BCUT2D eigenvalue weighted by atomic mass is 10.2. The molecule has 0 aliphatic carbocycles. The summed E-state index contributed by atoms with van der Waals surface area (Å²) in [4.78, 5) is 4.13. The summed E-state index contributed by atoms with van der Waals surface area (Å²) in [5, 5.41) is 7.22. The van der Waals surface area contributed by atoms with Gasteiger partial charge in [0.1, 0.15) is 5.75 Å². The Morgan fingerprint density at radius 1 is 1.28 bits per heavy atom. The first kappa shape index (κ1) is 12.1. The number of nitrogens with two attached hydrogens (primary N) is 2. The van der Waals surface area contributed by atoms with E-state index in [1.54, 1.807) is 30.5 Å². The highest BCUT2D eigenvalue weighted by atomic mass is 16.5. The molecule has 1 heterocycles. The van der Waals surface area contributed by atoms with Crippen molar-refractivity contribution in [3.63, 3.8) is 0 Å². The molecule has 92 valence electrons. The molecule has 5 nitrogen and oxygen atoms in total. The molecule has 0 radical (unpaired) electrons. The Balaban J connectivity index is 2.20. The van der Waals surface area contributed by atoms with Crippen LogP contribution in [-0.4, -0.2) is 11.2 Å². The number of benzene rings is 1. The zero-order valence-corrected chi connectivity index (χ0v) is 9.76. The van der Waals surface area contributed by atoms with Gasteiger partial charge >= 0.3 is 0 Å². The number of rotatable bonds is 4. The summed E-state index contributed by atoms with van der Waals surface area (Å²) < 4.78 is 5.56. The maximum absolute atomic E-state index is 7.22. The van der Waals surface area contributed by atoms with Gasteiger partial charge < -0.3 is 21.6 Å². The molecular weight excluding hydrogens is 228 g/mol. The van der Waals surface area contributed by atoms with Crippen molar-refractivity contribution in [1.82, 2.24) is 4.98 Å². The van der Waals surface area contributed by atoms with Crippen LogP contribution in [0.15, 0.2) is 36.5 Å². The SMILES string of the molecule is N=Cc1cc(Oc2ccc(CN)cn2)ccc1N. The van der Waals surface area contributed by atoms with Gasteiger partial charge in [0.2, 0.25) is 5.88 Å². The Hall–Kier alpha value is -2.40. The van der Waals surface area contributed by atoms with Crippen LogP contribution in [0.1, 0.15) is 11.1 Å². The van der Waals surface area contributed by atoms with E-state index in [1.807, 2.05) is 6.07 Å². The van der Waals surface area contributed by atoms with Gasteiger partial charge in [-0.05, 0) is 23.8 Å². The molecule has 0 aliphatic rings. The number of pyridine rings is 1. The van der Waals surface area contributed by atoms with Gasteiger partial charge in [-0.1, -0.05) is 6.07 Å². The summed E-state index contributed by atoms with van der Waals surface area (Å²) in [6.07, 6.45) is 2.86. The van der Waals surface area contributed by atoms with E-state index in [0.29, 0.717) is 29.4 Å². The van der Waals surface area contributed by atoms with Crippen molar-refractivity contribution < 1.29 is 4.74 Å². The largest absolute Gasteiger partial charge is 0.439 e. The molecule has 2 rings (SSSR count). The van der Waals surface area contributed by atoms with Crippen LogP contribution in [0.3, 0.4) is 0 Å². The van der Waals surface area contributed by atoms with E-state index in [9.17, 15) is 0 Å². The van der Waals surface area contributed by atoms with Crippen LogP contribution in [0.4, 0.5) is 5.69 Å². The van der Waals surface area contributed by atoms with E-state index in [2.05, 4.69) is 4.98 Å². The molecule has 0 fully saturated rings. The summed E-state index contributed by atoms with van der Waals surface area (Å²) >= 11 is 0. The van der Waals surface area contributed by atoms with E-state index >= 15 is 0 Å². The van der Waals surface area contributed by atoms with Crippen molar-refractivity contribution in [1.29, 1.82) is 5.41 Å². The van der Waals surface area contributed by atoms with Gasteiger partial charge in [-0.2, -0.15) is 0 Å². The average Bonchev–Trinajstić information content (AvgIpc) is 2.42. The van der Waals surface area contributed by atoms with Gasteiger partial charge in [-0.15, -0.1) is 0 Å². The van der Waals surface area contributed by atoms with E-state index < -0.39 is 0 Å². The van der Waals surface area contributed by atoms with E-state index in [4.69, 9.17) is 21.6 Å². The Morgan fingerprint density at radius 3 is 2.72 bits per heavy atom. The smallest absolute Gasteiger partial charge is 0.219 e. The zero-order valence-electron chi connectivity index (χ0n) is 9.76. The normalized spacial score (nSPS) is 10.1. The maximum Gasteiger partial charge on any atom is 0.219 e. The molecule has 2 aromatic rings. The van der Waals surface area contributed by atoms with Crippen molar-refractivity contribution in [3.05, 3.63) is 47.7 Å². The molecule has 1 aromatic heterocycles. The van der Waals surface area contributed by atoms with E-state index in [-0.39, 0.29) is 0 Å². The van der Waals surface area contributed by atoms with E-state index in [0.717, 1.165) is 5.56 Å². The Bertz CT molecular complexity index is 551. The number of nitrogen functional groups attached to an aromatic ring is 1. The Morgan fingerprint density at radius 2 is 2.11 bits per heavy atom. The second kappa shape index (κ2) is 5.29. The molecular formula is C13H14N4O. The van der Waals surface area contributed by atoms with Crippen LogP contribution in [-0.2, 0) is 6.54 Å². The second-order valence-electron chi connectivity index (χ2n) is 3.75. The second-order valence-corrected chi connectivity index (χ2v) is 3.75. The highest BCUT2D eigenvalue weighted by Crippen LogP contribution is 2.23. The molecule has 5 heteroatoms. The van der Waals surface area contributed by atoms with Gasteiger partial charge in [0.05, 0.1) is 0 Å². The molecule has 0 saturated carbocycles. The minimum absolute atomic E-state index is 0.451. The van der Waals surface area contributed by atoms with Gasteiger partial charge in [0.25, 0.3) is 0 Å². The highest BCUT2D eigenvalue weighted by Gasteiger charge is 2.02. The third-order valence-electron chi connectivity index (χ3n) is 2.47. The molecule has 0 aliphatic heterocycles. The molecule has 0 saturated heterocycles. The number of anilines is 1. The number of nitrogens with one attached hydrogen (secondary N) is 1. The van der Waals surface area contributed by atoms with Crippen molar-refractivity contribution in [2.75, 3.05) is 5.73 Å². The topological polar surface area (TPSA) is 98.0 Å². The predicted molar refractivity (Wildman–Crippen MR) is 70.9 cm³/mol. The van der Waals surface area contributed by atoms with Crippen molar-refractivity contribution in [2.24, 2.45) is 5.73 Å². The van der Waals surface area contributed by atoms with Crippen LogP contribution in [0, 0.1) is 5.41 Å². The Kier molecular flexibility index (Phi) is 3.54. The maximum atomic E-state index is 7.22. The molecule has 0 unspecified atom stereocenters. The van der Waals surface area contributed by atoms with Gasteiger partial charge in [0, 0.05) is 36.3 Å². The highest BCUT2D eigenvalue weighted by molar-refractivity contribution is 5.85. The number of hydrogen-bond acceptors (Lipinski definition) is 5. The first-order valence-electron chi connectivity index (χ1n) is 5.46. The van der Waals surface area contributed by atoms with Crippen LogP contribution in [0.25, 0.3) is 0 Å². The molecule has 0 bridgehead atoms. The molecule has 0 atom stereocenters. The van der Waals surface area contributed by atoms with Crippen LogP contribution >= 0.6 is 0 Å². The minimum atomic E-state index is 0.451. The lowest BCUT2D eigenvalue weighted by Crippen LogP contribution is -1.97. The third kappa shape index (κ3) is 2.64. The van der Waals surface area contributed by atoms with Gasteiger partial charge in [-0.3, -0.25) is 0 Å². The summed E-state index contributed by atoms with van der Waals surface area (Å²) in [6.45, 7) is 0.451. The average molecular weight is 242 g/mol. The lowest BCUT2D eigenvalue weighted by Gasteiger charge is -2.07. The molecule has 5 N–H and O–H groups in total. The Labute approximate surface area is 105 Å². The fourth-order valence-corrected chi connectivity index (χ4v) is 1.45.